The molecule has 172 valence electrons. The summed E-state index contributed by atoms with van der Waals surface area (Å²) in [5.41, 5.74) is 2.14. The Labute approximate surface area is 203 Å². The Morgan fingerprint density at radius 1 is 1.16 bits per heavy atom. The molecule has 0 N–H and O–H groups in total. The summed E-state index contributed by atoms with van der Waals surface area (Å²) in [4.78, 5) is 16.4. The monoisotopic (exact) mass is 520 g/mol. The maximum atomic E-state index is 12.3. The Kier molecular flexibility index (Phi) is 7.64. The number of halogens is 2. The van der Waals surface area contributed by atoms with E-state index >= 15 is 0 Å². The highest BCUT2D eigenvalue weighted by molar-refractivity contribution is 9.10. The lowest BCUT2D eigenvalue weighted by Crippen LogP contribution is -2.40. The van der Waals surface area contributed by atoms with Crippen molar-refractivity contribution < 1.29 is 14.3 Å². The summed E-state index contributed by atoms with van der Waals surface area (Å²) < 4.78 is 12.7. The molecule has 2 saturated heterocycles. The van der Waals surface area contributed by atoms with Crippen molar-refractivity contribution in [1.82, 2.24) is 4.90 Å². The van der Waals surface area contributed by atoms with Crippen LogP contribution in [0, 0.1) is 5.92 Å². The smallest absolute Gasteiger partial charge is 0.414 e. The van der Waals surface area contributed by atoms with Gasteiger partial charge in [-0.2, -0.15) is 0 Å². The average molecular weight is 522 g/mol. The zero-order valence-corrected chi connectivity index (χ0v) is 20.9. The maximum absolute atomic E-state index is 12.3. The van der Waals surface area contributed by atoms with Gasteiger partial charge in [0.05, 0.1) is 12.6 Å². The number of anilines is 1. The van der Waals surface area contributed by atoms with Crippen LogP contribution in [-0.4, -0.2) is 49.4 Å². The van der Waals surface area contributed by atoms with Gasteiger partial charge >= 0.3 is 6.09 Å². The van der Waals surface area contributed by atoms with Gasteiger partial charge in [-0.3, -0.25) is 9.80 Å². The van der Waals surface area contributed by atoms with E-state index in [1.807, 2.05) is 32.0 Å². The predicted molar refractivity (Wildman–Crippen MR) is 132 cm³/mol. The third-order valence-electron chi connectivity index (χ3n) is 6.08. The molecule has 2 aromatic rings. The van der Waals surface area contributed by atoms with E-state index in [-0.39, 0.29) is 18.3 Å². The normalized spacial score (nSPS) is 20.1. The lowest BCUT2D eigenvalue weighted by molar-refractivity contribution is 0.0914. The first-order valence-corrected chi connectivity index (χ1v) is 12.5. The standard InChI is InChI=1S/C25H30BrClN2O3/c1-17(2)31-22-7-8-24(26)19(14-22)13-18-9-11-28(12-10-18)15-23-16-29(25(30)32-23)21-5-3-20(27)4-6-21/h3-8,14,17-18,23H,9-13,15-16H2,1-2H3. The van der Waals surface area contributed by atoms with Gasteiger partial charge in [0.2, 0.25) is 0 Å². The Balaban J connectivity index is 1.27. The molecule has 2 aliphatic heterocycles. The molecular weight excluding hydrogens is 492 g/mol. The lowest BCUT2D eigenvalue weighted by atomic mass is 9.90. The summed E-state index contributed by atoms with van der Waals surface area (Å²) in [6.45, 7) is 7.51. The molecule has 0 saturated carbocycles. The molecule has 2 fully saturated rings. The number of hydrogen-bond donors (Lipinski definition) is 0. The highest BCUT2D eigenvalue weighted by Gasteiger charge is 2.34. The zero-order valence-electron chi connectivity index (χ0n) is 18.6. The van der Waals surface area contributed by atoms with E-state index in [0.29, 0.717) is 17.5 Å². The molecule has 2 aliphatic rings. The van der Waals surface area contributed by atoms with Crippen LogP contribution in [0.25, 0.3) is 0 Å². The summed E-state index contributed by atoms with van der Waals surface area (Å²) >= 11 is 9.66. The Bertz CT molecular complexity index is 929. The summed E-state index contributed by atoms with van der Waals surface area (Å²) in [5, 5.41) is 0.659. The van der Waals surface area contributed by atoms with Crippen molar-refractivity contribution in [2.45, 2.75) is 45.3 Å². The maximum Gasteiger partial charge on any atom is 0.414 e. The minimum atomic E-state index is -0.277. The highest BCUT2D eigenvalue weighted by atomic mass is 79.9. The fourth-order valence-corrected chi connectivity index (χ4v) is 5.01. The number of carbonyl (C=O) groups is 1. The number of hydrogen-bond acceptors (Lipinski definition) is 4. The van der Waals surface area contributed by atoms with Crippen LogP contribution in [0.1, 0.15) is 32.3 Å². The molecule has 5 nitrogen and oxygen atoms in total. The SMILES string of the molecule is CC(C)Oc1ccc(Br)c(CC2CCN(CC3CN(c4ccc(Cl)cc4)C(=O)O3)CC2)c1. The van der Waals surface area contributed by atoms with Crippen LogP contribution in [0.5, 0.6) is 5.75 Å². The quantitative estimate of drug-likeness (QED) is 0.437. The molecule has 0 bridgehead atoms. The summed E-state index contributed by atoms with van der Waals surface area (Å²) in [6, 6.07) is 13.6. The second-order valence-electron chi connectivity index (χ2n) is 8.96. The van der Waals surface area contributed by atoms with E-state index in [2.05, 4.69) is 33.0 Å². The molecule has 0 spiro atoms. The second kappa shape index (κ2) is 10.4. The first kappa shape index (κ1) is 23.4. The van der Waals surface area contributed by atoms with Crippen molar-refractivity contribution >= 4 is 39.3 Å². The van der Waals surface area contributed by atoms with Crippen LogP contribution < -0.4 is 9.64 Å². The molecule has 7 heteroatoms. The van der Waals surface area contributed by atoms with Crippen LogP contribution in [0.2, 0.25) is 5.02 Å². The van der Waals surface area contributed by atoms with E-state index in [9.17, 15) is 4.79 Å². The Hall–Kier alpha value is -1.76. The molecular formula is C25H30BrClN2O3. The van der Waals surface area contributed by atoms with Crippen LogP contribution in [0.15, 0.2) is 46.9 Å². The molecule has 1 unspecified atom stereocenters. The number of amides is 1. The van der Waals surface area contributed by atoms with Gasteiger partial charge in [0, 0.05) is 21.7 Å². The van der Waals surface area contributed by atoms with Crippen molar-refractivity contribution in [3.05, 3.63) is 57.5 Å². The minimum Gasteiger partial charge on any atom is -0.491 e. The molecule has 4 rings (SSSR count). The largest absolute Gasteiger partial charge is 0.491 e. The number of likely N-dealkylation sites (tertiary alicyclic amines) is 1. The van der Waals surface area contributed by atoms with Crippen molar-refractivity contribution in [3.63, 3.8) is 0 Å². The van der Waals surface area contributed by atoms with Gasteiger partial charge in [-0.1, -0.05) is 27.5 Å². The summed E-state index contributed by atoms with van der Waals surface area (Å²) in [7, 11) is 0. The first-order valence-electron chi connectivity index (χ1n) is 11.3. The van der Waals surface area contributed by atoms with Crippen molar-refractivity contribution in [1.29, 1.82) is 0 Å². The van der Waals surface area contributed by atoms with E-state index < -0.39 is 0 Å². The van der Waals surface area contributed by atoms with E-state index in [1.54, 1.807) is 17.0 Å². The number of benzene rings is 2. The van der Waals surface area contributed by atoms with Crippen LogP contribution in [0.3, 0.4) is 0 Å². The van der Waals surface area contributed by atoms with Gasteiger partial charge in [0.1, 0.15) is 11.9 Å². The third-order valence-corrected chi connectivity index (χ3v) is 7.10. The molecule has 0 aliphatic carbocycles. The highest BCUT2D eigenvalue weighted by Crippen LogP contribution is 2.30. The minimum absolute atomic E-state index is 0.103. The van der Waals surface area contributed by atoms with Gasteiger partial charge in [-0.25, -0.2) is 4.79 Å². The van der Waals surface area contributed by atoms with Crippen molar-refractivity contribution in [3.8, 4) is 5.75 Å². The number of piperidine rings is 1. The fraction of sp³-hybridized carbons (Fsp3) is 0.480. The van der Waals surface area contributed by atoms with E-state index in [1.165, 1.54) is 5.56 Å². The van der Waals surface area contributed by atoms with Gasteiger partial charge in [-0.15, -0.1) is 0 Å². The van der Waals surface area contributed by atoms with Crippen LogP contribution >= 0.6 is 27.5 Å². The number of cyclic esters (lactones) is 1. The van der Waals surface area contributed by atoms with Crippen LogP contribution in [0.4, 0.5) is 10.5 Å². The first-order chi connectivity index (χ1) is 15.4. The predicted octanol–water partition coefficient (Wildman–Crippen LogP) is 6.17. The zero-order chi connectivity index (χ0) is 22.7. The number of ether oxygens (including phenoxy) is 2. The van der Waals surface area contributed by atoms with Gasteiger partial charge in [-0.05, 0) is 100 Å². The summed E-state index contributed by atoms with van der Waals surface area (Å²) in [6.07, 6.45) is 3.13. The van der Waals surface area contributed by atoms with Gasteiger partial charge in [0.25, 0.3) is 0 Å². The Morgan fingerprint density at radius 2 is 1.88 bits per heavy atom. The number of carbonyl (C=O) groups excluding carboxylic acids is 1. The van der Waals surface area contributed by atoms with Crippen molar-refractivity contribution in [2.24, 2.45) is 5.92 Å². The molecule has 32 heavy (non-hydrogen) atoms. The van der Waals surface area contributed by atoms with E-state index in [4.69, 9.17) is 21.1 Å². The number of nitrogens with zero attached hydrogens (tertiary/aromatic N) is 2. The van der Waals surface area contributed by atoms with Gasteiger partial charge < -0.3 is 9.47 Å². The van der Waals surface area contributed by atoms with Gasteiger partial charge in [0.15, 0.2) is 0 Å². The molecule has 1 atom stereocenters. The topological polar surface area (TPSA) is 42.0 Å². The average Bonchev–Trinajstić information content (AvgIpc) is 3.12. The molecule has 2 heterocycles. The molecule has 2 aromatic carbocycles. The van der Waals surface area contributed by atoms with Crippen LogP contribution in [-0.2, 0) is 11.2 Å². The number of rotatable bonds is 7. The second-order valence-corrected chi connectivity index (χ2v) is 10.3. The van der Waals surface area contributed by atoms with E-state index in [0.717, 1.165) is 54.8 Å². The fourth-order valence-electron chi connectivity index (χ4n) is 4.47. The lowest BCUT2D eigenvalue weighted by Gasteiger charge is -2.33. The van der Waals surface area contributed by atoms with Crippen molar-refractivity contribution in [2.75, 3.05) is 31.1 Å². The molecule has 0 aromatic heterocycles. The third kappa shape index (κ3) is 5.97. The Morgan fingerprint density at radius 3 is 2.56 bits per heavy atom. The summed E-state index contributed by atoms with van der Waals surface area (Å²) in [5.74, 6) is 1.58. The molecule has 1 amide bonds. The molecule has 0 radical (unpaired) electrons.